The lowest BCUT2D eigenvalue weighted by atomic mass is 10.1. The second kappa shape index (κ2) is 23.7. The largest absolute Gasteiger partial charge is 0.317 e. The van der Waals surface area contributed by atoms with E-state index in [1.807, 2.05) is 0 Å². The van der Waals surface area contributed by atoms with Crippen LogP contribution in [0.1, 0.15) is 117 Å². The third-order valence-corrected chi connectivity index (χ3v) is 4.41. The van der Waals surface area contributed by atoms with Crippen molar-refractivity contribution in [3.63, 3.8) is 0 Å². The normalized spacial score (nSPS) is 10.6. The summed E-state index contributed by atoms with van der Waals surface area (Å²) >= 11 is 0. The van der Waals surface area contributed by atoms with Crippen LogP contribution in [0.15, 0.2) is 0 Å². The van der Waals surface area contributed by atoms with Gasteiger partial charge >= 0.3 is 0 Å². The zero-order chi connectivity index (χ0) is 15.4. The number of rotatable bonds is 18. The van der Waals surface area contributed by atoms with Crippen molar-refractivity contribution < 1.29 is 0 Å². The molecule has 0 aliphatic rings. The van der Waals surface area contributed by atoms with Crippen LogP contribution in [0.2, 0.25) is 0 Å². The van der Waals surface area contributed by atoms with Crippen LogP contribution in [-0.2, 0) is 0 Å². The predicted octanol–water partition coefficient (Wildman–Crippen LogP) is 6.92. The van der Waals surface area contributed by atoms with Crippen LogP contribution in [0.3, 0.4) is 0 Å². The Bertz CT molecular complexity index is 155. The maximum absolute atomic E-state index is 3.61. The van der Waals surface area contributed by atoms with E-state index in [0.29, 0.717) is 0 Å². The van der Waals surface area contributed by atoms with Crippen LogP contribution >= 0.6 is 9.90 Å². The van der Waals surface area contributed by atoms with E-state index in [1.165, 1.54) is 116 Å². The van der Waals surface area contributed by atoms with Crippen LogP contribution in [-0.4, -0.2) is 13.1 Å². The lowest BCUT2D eigenvalue weighted by Gasteiger charge is -2.05. The maximum Gasteiger partial charge on any atom is -0.00489 e. The second-order valence-electron chi connectivity index (χ2n) is 6.70. The smallest absolute Gasteiger partial charge is 0.00489 e. The minimum Gasteiger partial charge on any atom is -0.317 e. The highest BCUT2D eigenvalue weighted by Gasteiger charge is 1.93. The van der Waals surface area contributed by atoms with Crippen molar-refractivity contribution in [1.82, 2.24) is 5.32 Å². The zero-order valence-electron chi connectivity index (χ0n) is 15.9. The average Bonchev–Trinajstić information content (AvgIpc) is 2.50. The number of nitrogens with one attached hydrogen (secondary N) is 1. The Morgan fingerprint density at radius 2 is 0.682 bits per heavy atom. The first-order chi connectivity index (χ1) is 10.4. The Morgan fingerprint density at radius 1 is 0.409 bits per heavy atom. The van der Waals surface area contributed by atoms with E-state index < -0.39 is 0 Å². The van der Waals surface area contributed by atoms with Crippen molar-refractivity contribution in [2.45, 2.75) is 117 Å². The molecule has 0 aliphatic heterocycles. The fourth-order valence-corrected chi connectivity index (χ4v) is 2.89. The molecule has 1 unspecified atom stereocenters. The predicted molar refractivity (Wildman–Crippen MR) is 109 cm³/mol. The van der Waals surface area contributed by atoms with E-state index in [9.17, 15) is 0 Å². The highest BCUT2D eigenvalue weighted by atomic mass is 31.0. The molecular weight excluding hydrogens is 285 g/mol. The van der Waals surface area contributed by atoms with Crippen molar-refractivity contribution in [2.24, 2.45) is 0 Å². The molecule has 136 valence electrons. The molecule has 0 radical (unpaired) electrons. The van der Waals surface area contributed by atoms with E-state index in [0.717, 1.165) is 0 Å². The van der Waals surface area contributed by atoms with Crippen molar-refractivity contribution in [1.29, 1.82) is 0 Å². The summed E-state index contributed by atoms with van der Waals surface area (Å²) in [6.07, 6.45) is 22.8. The Kier molecular flexibility index (Phi) is 26.5. The molecule has 2 heteroatoms. The summed E-state index contributed by atoms with van der Waals surface area (Å²) in [5.41, 5.74) is 0. The Hall–Kier alpha value is 0.390. The van der Waals surface area contributed by atoms with Gasteiger partial charge in [0.15, 0.2) is 0 Å². The molecule has 0 amide bonds. The van der Waals surface area contributed by atoms with Gasteiger partial charge in [-0.05, 0) is 25.9 Å². The van der Waals surface area contributed by atoms with Gasteiger partial charge in [-0.15, -0.1) is 0 Å². The molecule has 0 aliphatic carbocycles. The molecule has 0 aromatic rings. The number of hydrogen-bond acceptors (Lipinski definition) is 1. The summed E-state index contributed by atoms with van der Waals surface area (Å²) in [5, 5.41) is 3.61. The Labute approximate surface area is 145 Å². The SMILES string of the molecule is CCCCCCCCCCNCCCCCCCCCC.P. The Balaban J connectivity index is 0. The topological polar surface area (TPSA) is 12.0 Å². The monoisotopic (exact) mass is 331 g/mol. The van der Waals surface area contributed by atoms with Crippen molar-refractivity contribution >= 4 is 9.90 Å². The van der Waals surface area contributed by atoms with Crippen molar-refractivity contribution in [3.05, 3.63) is 0 Å². The molecule has 0 spiro atoms. The summed E-state index contributed by atoms with van der Waals surface area (Å²) in [5.74, 6) is 0. The van der Waals surface area contributed by atoms with Crippen molar-refractivity contribution in [3.8, 4) is 0 Å². The fraction of sp³-hybridized carbons (Fsp3) is 1.00. The molecule has 1 N–H and O–H groups in total. The molecule has 1 nitrogen and oxygen atoms in total. The van der Waals surface area contributed by atoms with Gasteiger partial charge in [-0.25, -0.2) is 0 Å². The summed E-state index contributed by atoms with van der Waals surface area (Å²) in [6, 6.07) is 0. The standard InChI is InChI=1S/C20H43N.H3P/c1-3-5-7-9-11-13-15-17-19-21-20-18-16-14-12-10-8-6-4-2;/h21H,3-20H2,1-2H3;1H3. The van der Waals surface area contributed by atoms with Gasteiger partial charge in [0.25, 0.3) is 0 Å². The Morgan fingerprint density at radius 3 is 1.00 bits per heavy atom. The molecule has 0 fully saturated rings. The van der Waals surface area contributed by atoms with E-state index in [4.69, 9.17) is 0 Å². The van der Waals surface area contributed by atoms with Crippen LogP contribution in [0, 0.1) is 0 Å². The van der Waals surface area contributed by atoms with Gasteiger partial charge in [0.2, 0.25) is 0 Å². The van der Waals surface area contributed by atoms with E-state index in [1.54, 1.807) is 0 Å². The number of hydrogen-bond donors (Lipinski definition) is 1. The van der Waals surface area contributed by atoms with Gasteiger partial charge in [-0.3, -0.25) is 0 Å². The van der Waals surface area contributed by atoms with Crippen LogP contribution in [0.4, 0.5) is 0 Å². The minimum absolute atomic E-state index is 0. The molecule has 0 bridgehead atoms. The zero-order valence-corrected chi connectivity index (χ0v) is 17.3. The molecule has 0 heterocycles. The van der Waals surface area contributed by atoms with Gasteiger partial charge < -0.3 is 5.32 Å². The van der Waals surface area contributed by atoms with Crippen LogP contribution < -0.4 is 5.32 Å². The lowest BCUT2D eigenvalue weighted by Crippen LogP contribution is -2.16. The average molecular weight is 332 g/mol. The van der Waals surface area contributed by atoms with E-state index in [2.05, 4.69) is 19.2 Å². The van der Waals surface area contributed by atoms with Gasteiger partial charge in [0.1, 0.15) is 0 Å². The first-order valence-corrected chi connectivity index (χ1v) is 10.1. The molecular formula is C20H46NP. The molecule has 0 saturated carbocycles. The molecule has 0 aromatic heterocycles. The van der Waals surface area contributed by atoms with Crippen molar-refractivity contribution in [2.75, 3.05) is 13.1 Å². The molecule has 0 aromatic carbocycles. The van der Waals surface area contributed by atoms with Gasteiger partial charge in [-0.2, -0.15) is 9.90 Å². The van der Waals surface area contributed by atoms with Crippen LogP contribution in [0.25, 0.3) is 0 Å². The summed E-state index contributed by atoms with van der Waals surface area (Å²) in [6.45, 7) is 7.06. The second-order valence-corrected chi connectivity index (χ2v) is 6.70. The number of unbranched alkanes of at least 4 members (excludes halogenated alkanes) is 14. The van der Waals surface area contributed by atoms with Crippen LogP contribution in [0.5, 0.6) is 0 Å². The summed E-state index contributed by atoms with van der Waals surface area (Å²) in [7, 11) is 0. The van der Waals surface area contributed by atoms with E-state index in [-0.39, 0.29) is 9.90 Å². The van der Waals surface area contributed by atoms with Gasteiger partial charge in [0, 0.05) is 0 Å². The highest BCUT2D eigenvalue weighted by Crippen LogP contribution is 2.09. The molecule has 1 atom stereocenters. The highest BCUT2D eigenvalue weighted by molar-refractivity contribution is 6.92. The first-order valence-electron chi connectivity index (χ1n) is 10.1. The lowest BCUT2D eigenvalue weighted by molar-refractivity contribution is 0.532. The first kappa shape index (κ1) is 24.6. The molecule has 22 heavy (non-hydrogen) atoms. The molecule has 0 rings (SSSR count). The third kappa shape index (κ3) is 22.7. The van der Waals surface area contributed by atoms with Gasteiger partial charge in [-0.1, -0.05) is 104 Å². The third-order valence-electron chi connectivity index (χ3n) is 4.41. The summed E-state index contributed by atoms with van der Waals surface area (Å²) in [4.78, 5) is 0. The minimum atomic E-state index is 0. The quantitative estimate of drug-likeness (QED) is 0.212. The molecule has 0 saturated heterocycles. The fourth-order valence-electron chi connectivity index (χ4n) is 2.89. The summed E-state index contributed by atoms with van der Waals surface area (Å²) < 4.78 is 0. The van der Waals surface area contributed by atoms with E-state index >= 15 is 0 Å². The van der Waals surface area contributed by atoms with Gasteiger partial charge in [0.05, 0.1) is 0 Å². The maximum atomic E-state index is 3.61.